The third-order valence-corrected chi connectivity index (χ3v) is 3.06. The molecule has 1 heterocycles. The highest BCUT2D eigenvalue weighted by Crippen LogP contribution is 2.14. The van der Waals surface area contributed by atoms with Crippen molar-refractivity contribution in [2.24, 2.45) is 0 Å². The zero-order chi connectivity index (χ0) is 17.9. The Bertz CT molecular complexity index is 732. The number of pyridine rings is 1. The third kappa shape index (κ3) is 6.84. The molecule has 7 heteroatoms. The maximum atomic E-state index is 11.8. The van der Waals surface area contributed by atoms with Gasteiger partial charge in [-0.15, -0.1) is 0 Å². The highest BCUT2D eigenvalue weighted by atomic mass is 16.6. The monoisotopic (exact) mass is 341 g/mol. The van der Waals surface area contributed by atoms with Crippen LogP contribution in [0, 0.1) is 0 Å². The molecule has 1 aromatic heterocycles. The molecule has 0 saturated heterocycles. The van der Waals surface area contributed by atoms with Gasteiger partial charge in [0.2, 0.25) is 5.91 Å². The molecule has 0 unspecified atom stereocenters. The van der Waals surface area contributed by atoms with Crippen LogP contribution in [0.1, 0.15) is 11.1 Å². The number of carbonyl (C=O) groups is 2. The molecular formula is C18H19N3O4. The summed E-state index contributed by atoms with van der Waals surface area (Å²) in [7, 11) is 1.35. The standard InChI is InChI=1S/C18H19N3O4/c1-24-21-18(23)13-25-16-6-2-4-14(10-16)7-8-17(22)20-12-15-5-3-9-19-11-15/h2-11H,12-13H2,1H3,(H,20,22)(H,21,23)/b8-7+. The number of aromatic nitrogens is 1. The Labute approximate surface area is 145 Å². The van der Waals surface area contributed by atoms with Gasteiger partial charge in [0.15, 0.2) is 6.61 Å². The van der Waals surface area contributed by atoms with Crippen LogP contribution in [0.3, 0.4) is 0 Å². The SMILES string of the molecule is CONC(=O)COc1cccc(/C=C/C(=O)NCc2cccnc2)c1. The number of ether oxygens (including phenoxy) is 1. The number of hydrogen-bond donors (Lipinski definition) is 2. The summed E-state index contributed by atoms with van der Waals surface area (Å²) in [6.45, 7) is 0.251. The van der Waals surface area contributed by atoms with Gasteiger partial charge in [-0.2, -0.15) is 0 Å². The maximum absolute atomic E-state index is 11.8. The Morgan fingerprint density at radius 2 is 2.12 bits per heavy atom. The molecule has 2 rings (SSSR count). The van der Waals surface area contributed by atoms with Crippen LogP contribution in [0.25, 0.3) is 6.08 Å². The van der Waals surface area contributed by atoms with E-state index in [1.165, 1.54) is 13.2 Å². The van der Waals surface area contributed by atoms with Gasteiger partial charge in [-0.25, -0.2) is 5.48 Å². The number of nitrogens with one attached hydrogen (secondary N) is 2. The molecular weight excluding hydrogens is 322 g/mol. The minimum Gasteiger partial charge on any atom is -0.484 e. The number of hydrogen-bond acceptors (Lipinski definition) is 5. The van der Waals surface area contributed by atoms with Gasteiger partial charge >= 0.3 is 0 Å². The van der Waals surface area contributed by atoms with Crippen LogP contribution in [0.5, 0.6) is 5.75 Å². The van der Waals surface area contributed by atoms with Gasteiger partial charge in [-0.05, 0) is 35.4 Å². The second-order valence-corrected chi connectivity index (χ2v) is 5.00. The lowest BCUT2D eigenvalue weighted by molar-refractivity contribution is -0.133. The van der Waals surface area contributed by atoms with Crippen molar-refractivity contribution < 1.29 is 19.2 Å². The van der Waals surface area contributed by atoms with E-state index in [0.717, 1.165) is 11.1 Å². The number of rotatable bonds is 8. The Morgan fingerprint density at radius 1 is 1.24 bits per heavy atom. The molecule has 25 heavy (non-hydrogen) atoms. The Balaban J connectivity index is 1.84. The van der Waals surface area contributed by atoms with Gasteiger partial charge in [0.1, 0.15) is 5.75 Å². The lowest BCUT2D eigenvalue weighted by Crippen LogP contribution is -2.27. The van der Waals surface area contributed by atoms with E-state index < -0.39 is 5.91 Å². The molecule has 0 radical (unpaired) electrons. The summed E-state index contributed by atoms with van der Waals surface area (Å²) in [6.07, 6.45) is 6.48. The minimum absolute atomic E-state index is 0.160. The first-order valence-electron chi connectivity index (χ1n) is 7.57. The van der Waals surface area contributed by atoms with Crippen LogP contribution >= 0.6 is 0 Å². The predicted molar refractivity (Wildman–Crippen MR) is 92.2 cm³/mol. The average molecular weight is 341 g/mol. The summed E-state index contributed by atoms with van der Waals surface area (Å²) in [4.78, 5) is 31.6. The van der Waals surface area contributed by atoms with Crippen molar-refractivity contribution in [3.63, 3.8) is 0 Å². The van der Waals surface area contributed by atoms with Crippen LogP contribution in [0.2, 0.25) is 0 Å². The zero-order valence-electron chi connectivity index (χ0n) is 13.8. The predicted octanol–water partition coefficient (Wildman–Crippen LogP) is 1.47. The number of amides is 2. The lowest BCUT2D eigenvalue weighted by atomic mass is 10.2. The van der Waals surface area contributed by atoms with E-state index in [1.807, 2.05) is 18.2 Å². The molecule has 0 spiro atoms. The molecule has 0 aliphatic heterocycles. The van der Waals surface area contributed by atoms with Crippen LogP contribution in [-0.2, 0) is 21.0 Å². The summed E-state index contributed by atoms with van der Waals surface area (Å²) < 4.78 is 5.34. The highest BCUT2D eigenvalue weighted by molar-refractivity contribution is 5.91. The molecule has 1 aromatic carbocycles. The van der Waals surface area contributed by atoms with Crippen molar-refractivity contribution in [2.45, 2.75) is 6.54 Å². The fraction of sp³-hybridized carbons (Fsp3) is 0.167. The summed E-state index contributed by atoms with van der Waals surface area (Å²) in [5.41, 5.74) is 3.87. The lowest BCUT2D eigenvalue weighted by Gasteiger charge is -2.06. The largest absolute Gasteiger partial charge is 0.484 e. The van der Waals surface area contributed by atoms with E-state index in [9.17, 15) is 9.59 Å². The molecule has 7 nitrogen and oxygen atoms in total. The summed E-state index contributed by atoms with van der Waals surface area (Å²) in [6, 6.07) is 10.8. The number of hydroxylamine groups is 1. The van der Waals surface area contributed by atoms with Crippen molar-refractivity contribution in [3.8, 4) is 5.75 Å². The van der Waals surface area contributed by atoms with Gasteiger partial charge in [-0.3, -0.25) is 19.4 Å². The van der Waals surface area contributed by atoms with E-state index in [0.29, 0.717) is 12.3 Å². The fourth-order valence-electron chi connectivity index (χ4n) is 1.92. The van der Waals surface area contributed by atoms with E-state index in [-0.39, 0.29) is 12.5 Å². The smallest absolute Gasteiger partial charge is 0.281 e. The van der Waals surface area contributed by atoms with Gasteiger partial charge < -0.3 is 10.1 Å². The Hall–Kier alpha value is -3.19. The van der Waals surface area contributed by atoms with E-state index in [1.54, 1.807) is 36.7 Å². The molecule has 130 valence electrons. The maximum Gasteiger partial charge on any atom is 0.281 e. The molecule has 0 aliphatic rings. The van der Waals surface area contributed by atoms with E-state index in [4.69, 9.17) is 4.74 Å². The van der Waals surface area contributed by atoms with Gasteiger partial charge in [0.25, 0.3) is 5.91 Å². The van der Waals surface area contributed by atoms with Crippen LogP contribution in [0.15, 0.2) is 54.9 Å². The molecule has 2 N–H and O–H groups in total. The number of benzene rings is 1. The molecule has 2 aromatic rings. The Kier molecular flexibility index (Phi) is 7.14. The zero-order valence-corrected chi connectivity index (χ0v) is 13.8. The second-order valence-electron chi connectivity index (χ2n) is 5.00. The molecule has 0 atom stereocenters. The molecule has 0 aliphatic carbocycles. The van der Waals surface area contributed by atoms with Gasteiger partial charge in [0.05, 0.1) is 7.11 Å². The van der Waals surface area contributed by atoms with Crippen molar-refractivity contribution in [3.05, 3.63) is 66.0 Å². The summed E-state index contributed by atoms with van der Waals surface area (Å²) >= 11 is 0. The number of nitrogens with zero attached hydrogens (tertiary/aromatic N) is 1. The first-order chi connectivity index (χ1) is 12.2. The van der Waals surface area contributed by atoms with Crippen molar-refractivity contribution in [1.29, 1.82) is 0 Å². The summed E-state index contributed by atoms with van der Waals surface area (Å²) in [5.74, 6) is -0.0861. The first-order valence-corrected chi connectivity index (χ1v) is 7.57. The van der Waals surface area contributed by atoms with Gasteiger partial charge in [0, 0.05) is 25.0 Å². The second kappa shape index (κ2) is 9.84. The average Bonchev–Trinajstić information content (AvgIpc) is 2.64. The normalized spacial score (nSPS) is 10.4. The Morgan fingerprint density at radius 3 is 2.88 bits per heavy atom. The van der Waals surface area contributed by atoms with Gasteiger partial charge in [-0.1, -0.05) is 18.2 Å². The van der Waals surface area contributed by atoms with Crippen molar-refractivity contribution in [2.75, 3.05) is 13.7 Å². The number of carbonyl (C=O) groups excluding carboxylic acids is 2. The van der Waals surface area contributed by atoms with E-state index in [2.05, 4.69) is 20.6 Å². The van der Waals surface area contributed by atoms with Crippen LogP contribution in [0.4, 0.5) is 0 Å². The fourth-order valence-corrected chi connectivity index (χ4v) is 1.92. The molecule has 2 amide bonds. The quantitative estimate of drug-likeness (QED) is 0.561. The first kappa shape index (κ1) is 18.2. The van der Waals surface area contributed by atoms with Crippen LogP contribution in [-0.4, -0.2) is 30.5 Å². The minimum atomic E-state index is -0.391. The third-order valence-electron chi connectivity index (χ3n) is 3.06. The summed E-state index contributed by atoms with van der Waals surface area (Å²) in [5, 5.41) is 2.77. The molecule has 0 bridgehead atoms. The molecule has 0 saturated carbocycles. The highest BCUT2D eigenvalue weighted by Gasteiger charge is 2.02. The topological polar surface area (TPSA) is 89.5 Å². The molecule has 0 fully saturated rings. The van der Waals surface area contributed by atoms with Crippen LogP contribution < -0.4 is 15.5 Å². The van der Waals surface area contributed by atoms with Crippen molar-refractivity contribution >= 4 is 17.9 Å². The van der Waals surface area contributed by atoms with E-state index >= 15 is 0 Å². The van der Waals surface area contributed by atoms with Crippen molar-refractivity contribution in [1.82, 2.24) is 15.8 Å².